The van der Waals surface area contributed by atoms with Gasteiger partial charge in [0.2, 0.25) is 0 Å². The minimum atomic E-state index is -0.756. The highest BCUT2D eigenvalue weighted by Crippen LogP contribution is 2.25. The molecule has 1 aliphatic rings. The first-order valence-electron chi connectivity index (χ1n) is 6.31. The lowest BCUT2D eigenvalue weighted by atomic mass is 10.1. The molecule has 3 atom stereocenters. The summed E-state index contributed by atoms with van der Waals surface area (Å²) in [5.41, 5.74) is 0. The standard InChI is InChI=1S/C12H22N2O3S/c1-8(5-6-18-2)13-12(17)14-10-4-3-9(7-10)11(15)16/h8-10H,3-7H2,1-2H3,(H,15,16)(H2,13,14,17). The van der Waals surface area contributed by atoms with Gasteiger partial charge < -0.3 is 15.7 Å². The molecule has 3 N–H and O–H groups in total. The minimum Gasteiger partial charge on any atom is -0.481 e. The summed E-state index contributed by atoms with van der Waals surface area (Å²) < 4.78 is 0. The molecule has 104 valence electrons. The van der Waals surface area contributed by atoms with E-state index in [0.717, 1.165) is 18.6 Å². The number of carbonyl (C=O) groups is 2. The Balaban J connectivity index is 2.23. The van der Waals surface area contributed by atoms with Gasteiger partial charge in [0, 0.05) is 12.1 Å². The number of rotatable bonds is 6. The van der Waals surface area contributed by atoms with Gasteiger partial charge in [0.1, 0.15) is 0 Å². The maximum Gasteiger partial charge on any atom is 0.315 e. The molecule has 1 aliphatic carbocycles. The van der Waals surface area contributed by atoms with Crippen molar-refractivity contribution < 1.29 is 14.7 Å². The van der Waals surface area contributed by atoms with Crippen LogP contribution < -0.4 is 10.6 Å². The van der Waals surface area contributed by atoms with Crippen LogP contribution in [0.3, 0.4) is 0 Å². The molecule has 6 heteroatoms. The second-order valence-corrected chi connectivity index (χ2v) is 5.83. The number of amides is 2. The molecule has 1 fully saturated rings. The summed E-state index contributed by atoms with van der Waals surface area (Å²) in [6, 6.07) is -0.0346. The molecular formula is C12H22N2O3S. The van der Waals surface area contributed by atoms with E-state index in [4.69, 9.17) is 5.11 Å². The van der Waals surface area contributed by atoms with Crippen molar-refractivity contribution in [2.75, 3.05) is 12.0 Å². The highest BCUT2D eigenvalue weighted by Gasteiger charge is 2.30. The summed E-state index contributed by atoms with van der Waals surface area (Å²) in [6.45, 7) is 1.98. The van der Waals surface area contributed by atoms with E-state index in [0.29, 0.717) is 12.8 Å². The molecule has 2 amide bonds. The number of carbonyl (C=O) groups excluding carboxylic acids is 1. The van der Waals surface area contributed by atoms with E-state index in [1.165, 1.54) is 0 Å². The van der Waals surface area contributed by atoms with Crippen molar-refractivity contribution in [2.45, 2.75) is 44.7 Å². The maximum atomic E-state index is 11.7. The summed E-state index contributed by atoms with van der Waals surface area (Å²) >= 11 is 1.76. The predicted molar refractivity (Wildman–Crippen MR) is 72.9 cm³/mol. The van der Waals surface area contributed by atoms with Gasteiger partial charge >= 0.3 is 12.0 Å². The van der Waals surface area contributed by atoms with Gasteiger partial charge in [-0.15, -0.1) is 0 Å². The lowest BCUT2D eigenvalue weighted by Crippen LogP contribution is -2.44. The van der Waals surface area contributed by atoms with E-state index in [1.54, 1.807) is 11.8 Å². The van der Waals surface area contributed by atoms with Crippen molar-refractivity contribution in [3.05, 3.63) is 0 Å². The lowest BCUT2D eigenvalue weighted by molar-refractivity contribution is -0.141. The van der Waals surface area contributed by atoms with Crippen LogP contribution in [0.5, 0.6) is 0 Å². The Bertz CT molecular complexity index is 299. The van der Waals surface area contributed by atoms with Gasteiger partial charge in [-0.25, -0.2) is 4.79 Å². The van der Waals surface area contributed by atoms with Crippen LogP contribution >= 0.6 is 11.8 Å². The number of carboxylic acid groups (broad SMARTS) is 1. The number of urea groups is 1. The first-order chi connectivity index (χ1) is 8.52. The average Bonchev–Trinajstić information content (AvgIpc) is 2.74. The maximum absolute atomic E-state index is 11.7. The summed E-state index contributed by atoms with van der Waals surface area (Å²) in [6.07, 6.45) is 4.93. The van der Waals surface area contributed by atoms with Crippen molar-refractivity contribution >= 4 is 23.8 Å². The van der Waals surface area contributed by atoms with Crippen molar-refractivity contribution in [1.29, 1.82) is 0 Å². The summed E-state index contributed by atoms with van der Waals surface area (Å²) in [4.78, 5) is 22.5. The zero-order valence-corrected chi connectivity index (χ0v) is 11.8. The number of hydrogen-bond donors (Lipinski definition) is 3. The van der Waals surface area contributed by atoms with Crippen LogP contribution in [0, 0.1) is 5.92 Å². The molecule has 1 saturated carbocycles. The van der Waals surface area contributed by atoms with Crippen LogP contribution in [0.2, 0.25) is 0 Å². The van der Waals surface area contributed by atoms with Gasteiger partial charge in [0.15, 0.2) is 0 Å². The quantitative estimate of drug-likeness (QED) is 0.688. The van der Waals surface area contributed by atoms with Crippen molar-refractivity contribution in [3.63, 3.8) is 0 Å². The topological polar surface area (TPSA) is 78.4 Å². The van der Waals surface area contributed by atoms with Gasteiger partial charge in [-0.1, -0.05) is 0 Å². The molecule has 0 aliphatic heterocycles. The molecular weight excluding hydrogens is 252 g/mol. The van der Waals surface area contributed by atoms with E-state index in [-0.39, 0.29) is 24.0 Å². The van der Waals surface area contributed by atoms with Crippen molar-refractivity contribution in [2.24, 2.45) is 5.92 Å². The van der Waals surface area contributed by atoms with Gasteiger partial charge in [-0.2, -0.15) is 11.8 Å². The highest BCUT2D eigenvalue weighted by atomic mass is 32.2. The van der Waals surface area contributed by atoms with Gasteiger partial charge in [0.25, 0.3) is 0 Å². The molecule has 0 radical (unpaired) electrons. The average molecular weight is 274 g/mol. The van der Waals surface area contributed by atoms with Crippen LogP contribution in [-0.4, -0.2) is 41.2 Å². The summed E-state index contributed by atoms with van der Waals surface area (Å²) in [7, 11) is 0. The fourth-order valence-corrected chi connectivity index (χ4v) is 2.74. The molecule has 3 unspecified atom stereocenters. The fourth-order valence-electron chi connectivity index (χ4n) is 2.15. The Kier molecular flexibility index (Phi) is 6.32. The Morgan fingerprint density at radius 2 is 2.17 bits per heavy atom. The highest BCUT2D eigenvalue weighted by molar-refractivity contribution is 7.98. The molecule has 0 bridgehead atoms. The smallest absolute Gasteiger partial charge is 0.315 e. The number of nitrogens with one attached hydrogen (secondary N) is 2. The lowest BCUT2D eigenvalue weighted by Gasteiger charge is -2.17. The number of hydrogen-bond acceptors (Lipinski definition) is 3. The third-order valence-corrected chi connectivity index (χ3v) is 3.89. The Morgan fingerprint density at radius 1 is 1.44 bits per heavy atom. The zero-order valence-electron chi connectivity index (χ0n) is 10.9. The molecule has 1 rings (SSSR count). The number of thioether (sulfide) groups is 1. The third-order valence-electron chi connectivity index (χ3n) is 3.25. The fraction of sp³-hybridized carbons (Fsp3) is 0.833. The van der Waals surface area contributed by atoms with E-state index in [2.05, 4.69) is 10.6 Å². The molecule has 0 aromatic heterocycles. The van der Waals surface area contributed by atoms with E-state index in [1.807, 2.05) is 13.2 Å². The van der Waals surface area contributed by atoms with Crippen LogP contribution in [0.4, 0.5) is 4.79 Å². The molecule has 0 saturated heterocycles. The molecule has 18 heavy (non-hydrogen) atoms. The molecule has 0 spiro atoms. The second-order valence-electron chi connectivity index (χ2n) is 4.85. The van der Waals surface area contributed by atoms with Gasteiger partial charge in [0.05, 0.1) is 5.92 Å². The minimum absolute atomic E-state index is 0.00106. The number of carboxylic acids is 1. The van der Waals surface area contributed by atoms with E-state index < -0.39 is 5.97 Å². The predicted octanol–water partition coefficient (Wildman–Crippen LogP) is 1.68. The first-order valence-corrected chi connectivity index (χ1v) is 7.71. The number of aliphatic carboxylic acids is 1. The normalized spacial score (nSPS) is 24.6. The van der Waals surface area contributed by atoms with Crippen molar-refractivity contribution in [3.8, 4) is 0 Å². The molecule has 0 aromatic carbocycles. The van der Waals surface area contributed by atoms with Crippen LogP contribution in [-0.2, 0) is 4.79 Å². The van der Waals surface area contributed by atoms with Gasteiger partial charge in [-0.05, 0) is 44.6 Å². The monoisotopic (exact) mass is 274 g/mol. The van der Waals surface area contributed by atoms with E-state index >= 15 is 0 Å². The SMILES string of the molecule is CSCCC(C)NC(=O)NC1CCC(C(=O)O)C1. The Labute approximate surface area is 112 Å². The van der Waals surface area contributed by atoms with E-state index in [9.17, 15) is 9.59 Å². The largest absolute Gasteiger partial charge is 0.481 e. The second kappa shape index (κ2) is 7.51. The summed E-state index contributed by atoms with van der Waals surface area (Å²) in [5, 5.41) is 14.6. The molecule has 0 heterocycles. The third kappa shape index (κ3) is 5.16. The van der Waals surface area contributed by atoms with Crippen molar-refractivity contribution in [1.82, 2.24) is 10.6 Å². The summed E-state index contributed by atoms with van der Waals surface area (Å²) in [5.74, 6) is -0.0383. The first kappa shape index (κ1) is 15.1. The Hall–Kier alpha value is -0.910. The van der Waals surface area contributed by atoms with Crippen LogP contribution in [0.15, 0.2) is 0 Å². The Morgan fingerprint density at radius 3 is 2.72 bits per heavy atom. The van der Waals surface area contributed by atoms with Gasteiger partial charge in [-0.3, -0.25) is 4.79 Å². The molecule has 0 aromatic rings. The van der Waals surface area contributed by atoms with Crippen LogP contribution in [0.25, 0.3) is 0 Å². The zero-order chi connectivity index (χ0) is 13.5. The molecule has 5 nitrogen and oxygen atoms in total. The van der Waals surface area contributed by atoms with Crippen LogP contribution in [0.1, 0.15) is 32.6 Å².